The van der Waals surface area contributed by atoms with Crippen molar-refractivity contribution in [2.75, 3.05) is 0 Å². The van der Waals surface area contributed by atoms with Gasteiger partial charge >= 0.3 is 0 Å². The quantitative estimate of drug-likeness (QED) is 0.715. The molecule has 0 spiro atoms. The summed E-state index contributed by atoms with van der Waals surface area (Å²) in [6.07, 6.45) is 3.57. The predicted molar refractivity (Wildman–Crippen MR) is 73.8 cm³/mol. The first-order valence-corrected chi connectivity index (χ1v) is 7.02. The fourth-order valence-corrected chi connectivity index (χ4v) is 3.74. The Bertz CT molecular complexity index is 508. The van der Waals surface area contributed by atoms with Crippen LogP contribution in [0.4, 0.5) is 0 Å². The van der Waals surface area contributed by atoms with Gasteiger partial charge in [0.2, 0.25) is 0 Å². The molecule has 0 radical (unpaired) electrons. The van der Waals surface area contributed by atoms with Crippen molar-refractivity contribution in [3.05, 3.63) is 34.9 Å². The largest absolute Gasteiger partial charge is 0.294 e. The maximum atomic E-state index is 12.6. The van der Waals surface area contributed by atoms with Crippen LogP contribution in [0.3, 0.4) is 0 Å². The zero-order chi connectivity index (χ0) is 13.1. The molecule has 1 aromatic rings. The number of ketones is 1. The van der Waals surface area contributed by atoms with E-state index in [0.29, 0.717) is 5.78 Å². The van der Waals surface area contributed by atoms with Gasteiger partial charge in [-0.25, -0.2) is 0 Å². The van der Waals surface area contributed by atoms with Crippen molar-refractivity contribution in [2.45, 2.75) is 47.0 Å². The molecule has 3 rings (SSSR count). The summed E-state index contributed by atoms with van der Waals surface area (Å²) in [5, 5.41) is 0. The Morgan fingerprint density at radius 1 is 1.06 bits per heavy atom. The number of hydrogen-bond donors (Lipinski definition) is 0. The van der Waals surface area contributed by atoms with Crippen LogP contribution in [0.1, 0.15) is 55.6 Å². The maximum Gasteiger partial charge on any atom is 0.167 e. The zero-order valence-corrected chi connectivity index (χ0v) is 11.8. The number of Topliss-reactive ketones (excluding diaryl/α,β-unsaturated/α-hetero) is 1. The maximum absolute atomic E-state index is 12.6. The van der Waals surface area contributed by atoms with Crippen molar-refractivity contribution in [2.24, 2.45) is 16.7 Å². The third-order valence-corrected chi connectivity index (χ3v) is 5.67. The van der Waals surface area contributed by atoms with Gasteiger partial charge in [-0.15, -0.1) is 0 Å². The van der Waals surface area contributed by atoms with E-state index in [-0.39, 0.29) is 16.7 Å². The third-order valence-electron chi connectivity index (χ3n) is 5.67. The minimum Gasteiger partial charge on any atom is -0.294 e. The van der Waals surface area contributed by atoms with Gasteiger partial charge in [0, 0.05) is 11.5 Å². The molecule has 1 aromatic carbocycles. The Kier molecular flexibility index (Phi) is 2.30. The summed E-state index contributed by atoms with van der Waals surface area (Å²) in [5.41, 5.74) is 4.06. The Labute approximate surface area is 110 Å². The first-order valence-electron chi connectivity index (χ1n) is 7.02. The topological polar surface area (TPSA) is 17.1 Å². The van der Waals surface area contributed by atoms with Gasteiger partial charge in [0.25, 0.3) is 0 Å². The van der Waals surface area contributed by atoms with Gasteiger partial charge in [0.1, 0.15) is 0 Å². The lowest BCUT2D eigenvalue weighted by molar-refractivity contribution is 0.0945. The van der Waals surface area contributed by atoms with Gasteiger partial charge < -0.3 is 0 Å². The van der Waals surface area contributed by atoms with Gasteiger partial charge in [0.05, 0.1) is 0 Å². The van der Waals surface area contributed by atoms with Crippen LogP contribution in [-0.2, 0) is 12.8 Å². The van der Waals surface area contributed by atoms with Crippen LogP contribution in [0, 0.1) is 16.7 Å². The van der Waals surface area contributed by atoms with Gasteiger partial charge in [-0.05, 0) is 47.3 Å². The second-order valence-corrected chi connectivity index (χ2v) is 7.08. The van der Waals surface area contributed by atoms with Gasteiger partial charge in [-0.2, -0.15) is 0 Å². The first-order chi connectivity index (χ1) is 8.35. The van der Waals surface area contributed by atoms with Crippen molar-refractivity contribution in [3.8, 4) is 0 Å². The van der Waals surface area contributed by atoms with Crippen molar-refractivity contribution >= 4 is 5.78 Å². The lowest BCUT2D eigenvalue weighted by Crippen LogP contribution is -2.08. The Balaban J connectivity index is 1.91. The van der Waals surface area contributed by atoms with Gasteiger partial charge in [-0.3, -0.25) is 4.79 Å². The van der Waals surface area contributed by atoms with Crippen LogP contribution >= 0.6 is 0 Å². The molecule has 0 atom stereocenters. The lowest BCUT2D eigenvalue weighted by Gasteiger charge is -2.05. The predicted octanol–water partition coefficient (Wildman–Crippen LogP) is 4.04. The average molecular weight is 242 g/mol. The van der Waals surface area contributed by atoms with Gasteiger partial charge in [0.15, 0.2) is 5.78 Å². The molecule has 1 heteroatoms. The normalized spacial score (nSPS) is 23.8. The molecule has 0 N–H and O–H groups in total. The SMILES string of the molecule is CC1(C)C(C(=O)c2ccc3c(c2)CCC3)C1(C)C. The highest BCUT2D eigenvalue weighted by atomic mass is 16.1. The number of fused-ring (bicyclic) bond motifs is 1. The average Bonchev–Trinajstić information content (AvgIpc) is 2.69. The van der Waals surface area contributed by atoms with E-state index in [1.807, 2.05) is 6.07 Å². The van der Waals surface area contributed by atoms with E-state index in [9.17, 15) is 4.79 Å². The lowest BCUT2D eigenvalue weighted by atomic mass is 9.98. The molecule has 1 saturated carbocycles. The van der Waals surface area contributed by atoms with Crippen molar-refractivity contribution < 1.29 is 4.79 Å². The standard InChI is InChI=1S/C17H22O/c1-16(2)15(17(16,3)4)14(18)13-9-8-11-6-5-7-12(11)10-13/h8-10,15H,5-7H2,1-4H3. The Hall–Kier alpha value is -1.11. The van der Waals surface area contributed by atoms with Crippen LogP contribution in [0.15, 0.2) is 18.2 Å². The third kappa shape index (κ3) is 1.43. The number of carbonyl (C=O) groups excluding carboxylic acids is 1. The van der Waals surface area contributed by atoms with E-state index in [2.05, 4.69) is 39.8 Å². The molecule has 0 amide bonds. The number of hydrogen-bond acceptors (Lipinski definition) is 1. The smallest absolute Gasteiger partial charge is 0.167 e. The van der Waals surface area contributed by atoms with Crippen LogP contribution in [0.25, 0.3) is 0 Å². The molecule has 0 unspecified atom stereocenters. The summed E-state index contributed by atoms with van der Waals surface area (Å²) in [6, 6.07) is 6.35. The minimum absolute atomic E-state index is 0.142. The molecule has 0 heterocycles. The summed E-state index contributed by atoms with van der Waals surface area (Å²) < 4.78 is 0. The summed E-state index contributed by atoms with van der Waals surface area (Å²) in [4.78, 5) is 12.6. The van der Waals surface area contributed by atoms with Crippen LogP contribution in [0.2, 0.25) is 0 Å². The molecule has 0 saturated heterocycles. The molecule has 0 aromatic heterocycles. The number of carbonyl (C=O) groups is 1. The molecule has 0 aliphatic heterocycles. The molecule has 2 aliphatic carbocycles. The minimum atomic E-state index is 0.142. The van der Waals surface area contributed by atoms with E-state index >= 15 is 0 Å². The monoisotopic (exact) mass is 242 g/mol. The summed E-state index contributed by atoms with van der Waals surface area (Å²) >= 11 is 0. The van der Waals surface area contributed by atoms with E-state index in [1.165, 1.54) is 24.0 Å². The summed E-state index contributed by atoms with van der Waals surface area (Å²) in [7, 11) is 0. The summed E-state index contributed by atoms with van der Waals surface area (Å²) in [5.74, 6) is 0.532. The van der Waals surface area contributed by atoms with Gasteiger partial charge in [-0.1, -0.05) is 39.8 Å². The molecule has 18 heavy (non-hydrogen) atoms. The van der Waals surface area contributed by atoms with E-state index in [4.69, 9.17) is 0 Å². The second-order valence-electron chi connectivity index (χ2n) is 7.08. The Morgan fingerprint density at radius 2 is 1.67 bits per heavy atom. The zero-order valence-electron chi connectivity index (χ0n) is 11.8. The molecule has 1 nitrogen and oxygen atoms in total. The number of aryl methyl sites for hydroxylation is 2. The van der Waals surface area contributed by atoms with Crippen LogP contribution in [-0.4, -0.2) is 5.78 Å². The highest BCUT2D eigenvalue weighted by Gasteiger charge is 2.67. The van der Waals surface area contributed by atoms with E-state index in [1.54, 1.807) is 0 Å². The Morgan fingerprint density at radius 3 is 2.28 bits per heavy atom. The molecule has 2 aliphatic rings. The van der Waals surface area contributed by atoms with Crippen LogP contribution in [0.5, 0.6) is 0 Å². The van der Waals surface area contributed by atoms with E-state index < -0.39 is 0 Å². The second kappa shape index (κ2) is 3.46. The highest BCUT2D eigenvalue weighted by Crippen LogP contribution is 2.69. The highest BCUT2D eigenvalue weighted by molar-refractivity contribution is 6.01. The number of benzene rings is 1. The molecule has 1 fully saturated rings. The fourth-order valence-electron chi connectivity index (χ4n) is 3.74. The van der Waals surface area contributed by atoms with Crippen molar-refractivity contribution in [1.29, 1.82) is 0 Å². The van der Waals surface area contributed by atoms with Crippen molar-refractivity contribution in [3.63, 3.8) is 0 Å². The van der Waals surface area contributed by atoms with Crippen molar-refractivity contribution in [1.82, 2.24) is 0 Å². The van der Waals surface area contributed by atoms with E-state index in [0.717, 1.165) is 12.0 Å². The first kappa shape index (κ1) is 12.0. The molecule has 0 bridgehead atoms. The fraction of sp³-hybridized carbons (Fsp3) is 0.588. The molecular weight excluding hydrogens is 220 g/mol. The molecule has 96 valence electrons. The molecular formula is C17H22O. The summed E-state index contributed by atoms with van der Waals surface area (Å²) in [6.45, 7) is 8.84. The number of rotatable bonds is 2. The van der Waals surface area contributed by atoms with Crippen LogP contribution < -0.4 is 0 Å².